The van der Waals surface area contributed by atoms with Crippen LogP contribution in [-0.2, 0) is 0 Å². The number of anilines is 1. The first kappa shape index (κ1) is 14.3. The van der Waals surface area contributed by atoms with Gasteiger partial charge in [-0.25, -0.2) is 19.9 Å². The van der Waals surface area contributed by atoms with Gasteiger partial charge in [-0.05, 0) is 30.3 Å². The van der Waals surface area contributed by atoms with Crippen LogP contribution in [0.3, 0.4) is 0 Å². The largest absolute Gasteiger partial charge is 0.338 e. The minimum atomic E-state index is -0.530. The van der Waals surface area contributed by atoms with E-state index < -0.39 is 6.03 Å². The third-order valence-electron chi connectivity index (χ3n) is 2.97. The van der Waals surface area contributed by atoms with Crippen LogP contribution in [0.15, 0.2) is 64.1 Å². The van der Waals surface area contributed by atoms with Gasteiger partial charge in [0, 0.05) is 10.2 Å². The minimum Gasteiger partial charge on any atom is -0.307 e. The summed E-state index contributed by atoms with van der Waals surface area (Å²) in [6.07, 6.45) is 1.28. The van der Waals surface area contributed by atoms with Crippen molar-refractivity contribution >= 4 is 38.6 Å². The van der Waals surface area contributed by atoms with Crippen molar-refractivity contribution in [3.05, 3.63) is 69.7 Å². The number of hydrogen-bond donors (Lipinski definition) is 2. The van der Waals surface area contributed by atoms with Crippen LogP contribution in [0.2, 0.25) is 0 Å². The molecule has 110 valence electrons. The Morgan fingerprint density at radius 3 is 2.77 bits per heavy atom. The highest BCUT2D eigenvalue weighted by Crippen LogP contribution is 2.15. The summed E-state index contributed by atoms with van der Waals surface area (Å²) in [6, 6.07) is 13.6. The predicted molar refractivity (Wildman–Crippen MR) is 88.5 cm³/mol. The molecule has 2 amide bonds. The maximum atomic E-state index is 12.2. The zero-order chi connectivity index (χ0) is 15.5. The quantitative estimate of drug-likeness (QED) is 0.739. The first-order chi connectivity index (χ1) is 10.6. The number of hydrogen-bond acceptors (Lipinski definition) is 3. The number of carbonyl (C=O) groups is 1. The number of nitrogens with zero attached hydrogens (tertiary/aromatic N) is 2. The lowest BCUT2D eigenvalue weighted by Crippen LogP contribution is -2.35. The number of aromatic nitrogens is 2. The zero-order valence-electron chi connectivity index (χ0n) is 11.3. The number of amides is 2. The number of rotatable bonds is 2. The van der Waals surface area contributed by atoms with Crippen molar-refractivity contribution in [2.75, 3.05) is 10.7 Å². The van der Waals surface area contributed by atoms with Gasteiger partial charge in [-0.3, -0.25) is 4.79 Å². The van der Waals surface area contributed by atoms with E-state index in [0.29, 0.717) is 16.6 Å². The third kappa shape index (κ3) is 2.99. The molecule has 22 heavy (non-hydrogen) atoms. The van der Waals surface area contributed by atoms with Crippen molar-refractivity contribution in [1.82, 2.24) is 9.66 Å². The van der Waals surface area contributed by atoms with Crippen molar-refractivity contribution in [3.8, 4) is 0 Å². The van der Waals surface area contributed by atoms with Gasteiger partial charge < -0.3 is 5.32 Å². The Balaban J connectivity index is 1.82. The summed E-state index contributed by atoms with van der Waals surface area (Å²) in [5.74, 6) is 0. The maximum Gasteiger partial charge on any atom is 0.338 e. The molecule has 0 aliphatic rings. The van der Waals surface area contributed by atoms with Crippen LogP contribution in [0.1, 0.15) is 0 Å². The Morgan fingerprint density at radius 1 is 1.14 bits per heavy atom. The topological polar surface area (TPSA) is 76.0 Å². The van der Waals surface area contributed by atoms with E-state index >= 15 is 0 Å². The van der Waals surface area contributed by atoms with Gasteiger partial charge in [-0.1, -0.05) is 34.1 Å². The zero-order valence-corrected chi connectivity index (χ0v) is 12.9. The number of fused-ring (bicyclic) bond motifs is 1. The molecule has 0 saturated carbocycles. The summed E-state index contributed by atoms with van der Waals surface area (Å²) < 4.78 is 1.89. The second-order valence-corrected chi connectivity index (χ2v) is 5.43. The molecule has 1 aromatic heterocycles. The van der Waals surface area contributed by atoms with Crippen LogP contribution in [0.25, 0.3) is 10.9 Å². The van der Waals surface area contributed by atoms with Gasteiger partial charge in [-0.15, -0.1) is 0 Å². The molecule has 2 aromatic carbocycles. The number of benzene rings is 2. The molecule has 0 atom stereocenters. The third-order valence-corrected chi connectivity index (χ3v) is 3.46. The van der Waals surface area contributed by atoms with Gasteiger partial charge in [0.25, 0.3) is 5.56 Å². The Labute approximate surface area is 133 Å². The predicted octanol–water partition coefficient (Wildman–Crippen LogP) is 2.93. The highest BCUT2D eigenvalue weighted by Gasteiger charge is 2.07. The average Bonchev–Trinajstić information content (AvgIpc) is 2.50. The van der Waals surface area contributed by atoms with Gasteiger partial charge in [-0.2, -0.15) is 0 Å². The number of para-hydroxylation sites is 1. The lowest BCUT2D eigenvalue weighted by atomic mass is 10.2. The van der Waals surface area contributed by atoms with Gasteiger partial charge in [0.05, 0.1) is 10.9 Å². The molecule has 0 spiro atoms. The Hall–Kier alpha value is -2.67. The molecule has 0 aliphatic carbocycles. The van der Waals surface area contributed by atoms with E-state index in [2.05, 4.69) is 31.7 Å². The Morgan fingerprint density at radius 2 is 1.95 bits per heavy atom. The number of urea groups is 1. The van der Waals surface area contributed by atoms with E-state index in [9.17, 15) is 9.59 Å². The van der Waals surface area contributed by atoms with E-state index in [1.165, 1.54) is 6.33 Å². The number of halogens is 1. The van der Waals surface area contributed by atoms with Crippen LogP contribution in [0.4, 0.5) is 10.5 Å². The second-order valence-electron chi connectivity index (χ2n) is 4.51. The molecule has 1 heterocycles. The molecular weight excluding hydrogens is 348 g/mol. The van der Waals surface area contributed by atoms with E-state index in [0.717, 1.165) is 9.15 Å². The highest BCUT2D eigenvalue weighted by molar-refractivity contribution is 9.10. The molecule has 6 nitrogen and oxygen atoms in total. The smallest absolute Gasteiger partial charge is 0.307 e. The summed E-state index contributed by atoms with van der Waals surface area (Å²) in [7, 11) is 0. The molecular formula is C15H11BrN4O2. The molecule has 7 heteroatoms. The summed E-state index contributed by atoms with van der Waals surface area (Å²) in [5, 5.41) is 3.08. The van der Waals surface area contributed by atoms with Crippen LogP contribution in [0, 0.1) is 0 Å². The van der Waals surface area contributed by atoms with E-state index in [1.807, 2.05) is 6.07 Å². The fourth-order valence-electron chi connectivity index (χ4n) is 1.98. The lowest BCUT2D eigenvalue weighted by molar-refractivity contribution is 0.259. The maximum absolute atomic E-state index is 12.2. The van der Waals surface area contributed by atoms with Crippen molar-refractivity contribution in [2.24, 2.45) is 0 Å². The average molecular weight is 359 g/mol. The monoisotopic (exact) mass is 358 g/mol. The van der Waals surface area contributed by atoms with Crippen LogP contribution in [-0.4, -0.2) is 15.7 Å². The lowest BCUT2D eigenvalue weighted by Gasteiger charge is -2.10. The summed E-state index contributed by atoms with van der Waals surface area (Å²) in [5.41, 5.74) is 3.30. The molecule has 0 saturated heterocycles. The minimum absolute atomic E-state index is 0.338. The number of nitrogens with one attached hydrogen (secondary N) is 2. The highest BCUT2D eigenvalue weighted by atomic mass is 79.9. The Bertz CT molecular complexity index is 907. The van der Waals surface area contributed by atoms with Gasteiger partial charge in [0.1, 0.15) is 6.33 Å². The molecule has 0 unspecified atom stereocenters. The fraction of sp³-hybridized carbons (Fsp3) is 0. The SMILES string of the molecule is O=C(Nc1cccc(Br)c1)Nn1cnc2ccccc2c1=O. The van der Waals surface area contributed by atoms with Crippen LogP contribution in [0.5, 0.6) is 0 Å². The molecule has 0 bridgehead atoms. The number of carbonyl (C=O) groups excluding carboxylic acids is 1. The first-order valence-electron chi connectivity index (χ1n) is 6.43. The molecule has 3 aromatic rings. The van der Waals surface area contributed by atoms with Crippen molar-refractivity contribution in [1.29, 1.82) is 0 Å². The van der Waals surface area contributed by atoms with E-state index in [-0.39, 0.29) is 5.56 Å². The fourth-order valence-corrected chi connectivity index (χ4v) is 2.38. The molecule has 2 N–H and O–H groups in total. The van der Waals surface area contributed by atoms with Gasteiger partial charge in [0.15, 0.2) is 0 Å². The molecule has 0 aliphatic heterocycles. The van der Waals surface area contributed by atoms with Crippen molar-refractivity contribution in [3.63, 3.8) is 0 Å². The van der Waals surface area contributed by atoms with Crippen LogP contribution >= 0.6 is 15.9 Å². The van der Waals surface area contributed by atoms with Gasteiger partial charge >= 0.3 is 6.03 Å². The first-order valence-corrected chi connectivity index (χ1v) is 7.23. The normalized spacial score (nSPS) is 10.4. The van der Waals surface area contributed by atoms with E-state index in [4.69, 9.17) is 0 Å². The van der Waals surface area contributed by atoms with Crippen molar-refractivity contribution < 1.29 is 4.79 Å². The Kier molecular flexibility index (Phi) is 3.88. The van der Waals surface area contributed by atoms with Crippen molar-refractivity contribution in [2.45, 2.75) is 0 Å². The summed E-state index contributed by atoms with van der Waals surface area (Å²) in [6.45, 7) is 0. The standard InChI is InChI=1S/C15H11BrN4O2/c16-10-4-3-5-11(8-10)18-15(22)19-20-9-17-13-7-2-1-6-12(13)14(20)21/h1-9H,(H2,18,19,22). The molecule has 0 fully saturated rings. The summed E-state index contributed by atoms with van der Waals surface area (Å²) in [4.78, 5) is 28.3. The molecule has 3 rings (SSSR count). The van der Waals surface area contributed by atoms with Gasteiger partial charge in [0.2, 0.25) is 0 Å². The molecule has 0 radical (unpaired) electrons. The summed E-state index contributed by atoms with van der Waals surface area (Å²) >= 11 is 3.32. The van der Waals surface area contributed by atoms with Crippen LogP contribution < -0.4 is 16.3 Å². The van der Waals surface area contributed by atoms with E-state index in [1.54, 1.807) is 42.5 Å². The second kappa shape index (κ2) is 5.98.